The molecule has 0 unspecified atom stereocenters. The van der Waals surface area contributed by atoms with Crippen LogP contribution in [-0.2, 0) is 4.74 Å². The average Bonchev–Trinajstić information content (AvgIpc) is 3.25. The maximum atomic E-state index is 5.47. The number of fused-ring (bicyclic) bond motifs is 1. The summed E-state index contributed by atoms with van der Waals surface area (Å²) in [6.07, 6.45) is 6.88. The van der Waals surface area contributed by atoms with Crippen molar-refractivity contribution in [3.8, 4) is 0 Å². The van der Waals surface area contributed by atoms with E-state index < -0.39 is 0 Å². The van der Waals surface area contributed by atoms with E-state index in [9.17, 15) is 0 Å². The zero-order valence-electron chi connectivity index (χ0n) is 13.4. The van der Waals surface area contributed by atoms with E-state index in [0.717, 1.165) is 37.7 Å². The number of anilines is 2. The summed E-state index contributed by atoms with van der Waals surface area (Å²) in [4.78, 5) is 11.4. The molecule has 0 amide bonds. The lowest BCUT2D eigenvalue weighted by Crippen LogP contribution is -2.38. The predicted molar refractivity (Wildman–Crippen MR) is 85.5 cm³/mol. The summed E-state index contributed by atoms with van der Waals surface area (Å²) >= 11 is 0. The zero-order valence-corrected chi connectivity index (χ0v) is 13.4. The van der Waals surface area contributed by atoms with Crippen molar-refractivity contribution in [2.75, 3.05) is 30.5 Å². The van der Waals surface area contributed by atoms with E-state index in [2.05, 4.69) is 37.5 Å². The molecule has 8 nitrogen and oxygen atoms in total. The Morgan fingerprint density at radius 3 is 2.43 bits per heavy atom. The lowest BCUT2D eigenvalue weighted by atomic mass is 10.1. The van der Waals surface area contributed by atoms with Gasteiger partial charge in [-0.15, -0.1) is 0 Å². The summed E-state index contributed by atoms with van der Waals surface area (Å²) in [7, 11) is 2.07. The highest BCUT2D eigenvalue weighted by atomic mass is 16.6. The van der Waals surface area contributed by atoms with Gasteiger partial charge in [-0.3, -0.25) is 0 Å². The lowest BCUT2D eigenvalue weighted by molar-refractivity contribution is 0.0854. The second-order valence-electron chi connectivity index (χ2n) is 6.39. The van der Waals surface area contributed by atoms with Crippen LogP contribution >= 0.6 is 0 Å². The number of aromatic nitrogens is 4. The van der Waals surface area contributed by atoms with Crippen LogP contribution in [0.3, 0.4) is 0 Å². The van der Waals surface area contributed by atoms with Crippen molar-refractivity contribution in [3.05, 3.63) is 0 Å². The smallest absolute Gasteiger partial charge is 0.245 e. The van der Waals surface area contributed by atoms with Crippen molar-refractivity contribution < 1.29 is 9.37 Å². The van der Waals surface area contributed by atoms with Gasteiger partial charge in [-0.1, -0.05) is 12.8 Å². The highest BCUT2D eigenvalue weighted by molar-refractivity contribution is 5.74. The van der Waals surface area contributed by atoms with Crippen LogP contribution < -0.4 is 10.2 Å². The standard InChI is InChI=1S/C15H22N6O2/c1-21(11-6-8-22-9-7-11)15-14(16-10-4-2-3-5-10)17-12-13(18-15)20-23-19-12/h10-11H,2-9H2,1H3,(H,16,17,19). The minimum absolute atomic E-state index is 0.402. The fourth-order valence-corrected chi connectivity index (χ4v) is 3.48. The molecule has 1 aliphatic carbocycles. The molecule has 1 saturated heterocycles. The summed E-state index contributed by atoms with van der Waals surface area (Å²) in [5, 5.41) is 11.2. The van der Waals surface area contributed by atoms with Crippen molar-refractivity contribution in [1.29, 1.82) is 0 Å². The fourth-order valence-electron chi connectivity index (χ4n) is 3.48. The van der Waals surface area contributed by atoms with Crippen molar-refractivity contribution in [2.45, 2.75) is 50.6 Å². The van der Waals surface area contributed by atoms with Crippen molar-refractivity contribution in [2.24, 2.45) is 0 Å². The quantitative estimate of drug-likeness (QED) is 0.915. The van der Waals surface area contributed by atoms with Gasteiger partial charge in [0.15, 0.2) is 11.6 Å². The molecule has 1 aliphatic heterocycles. The van der Waals surface area contributed by atoms with Gasteiger partial charge < -0.3 is 15.0 Å². The molecular weight excluding hydrogens is 296 g/mol. The third-order valence-electron chi connectivity index (χ3n) is 4.86. The molecule has 1 N–H and O–H groups in total. The molecule has 0 spiro atoms. The van der Waals surface area contributed by atoms with Gasteiger partial charge in [0.2, 0.25) is 11.3 Å². The topological polar surface area (TPSA) is 89.2 Å². The summed E-state index contributed by atoms with van der Waals surface area (Å²) < 4.78 is 10.2. The second-order valence-corrected chi connectivity index (χ2v) is 6.39. The third-order valence-corrected chi connectivity index (χ3v) is 4.86. The predicted octanol–water partition coefficient (Wildman–Crippen LogP) is 1.98. The summed E-state index contributed by atoms with van der Waals surface area (Å²) in [5.74, 6) is 1.61. The molecule has 0 radical (unpaired) electrons. The first kappa shape index (κ1) is 14.6. The minimum atomic E-state index is 0.402. The Labute approximate surface area is 134 Å². The Morgan fingerprint density at radius 1 is 1.00 bits per heavy atom. The number of hydrogen-bond donors (Lipinski definition) is 1. The van der Waals surface area contributed by atoms with E-state index in [1.807, 2.05) is 0 Å². The van der Waals surface area contributed by atoms with E-state index in [1.165, 1.54) is 25.7 Å². The number of nitrogens with zero attached hydrogens (tertiary/aromatic N) is 5. The third kappa shape index (κ3) is 2.95. The van der Waals surface area contributed by atoms with Crippen LogP contribution in [0.15, 0.2) is 4.63 Å². The molecule has 2 aromatic rings. The van der Waals surface area contributed by atoms with Crippen LogP contribution in [0.2, 0.25) is 0 Å². The van der Waals surface area contributed by atoms with Gasteiger partial charge in [0.05, 0.1) is 0 Å². The summed E-state index contributed by atoms with van der Waals surface area (Å²) in [6, 6.07) is 0.864. The molecule has 2 aliphatic rings. The Hall–Kier alpha value is -1.96. The zero-order chi connectivity index (χ0) is 15.6. The molecule has 0 atom stereocenters. The Bertz CT molecular complexity index is 663. The van der Waals surface area contributed by atoms with Gasteiger partial charge in [0.1, 0.15) is 0 Å². The monoisotopic (exact) mass is 318 g/mol. The van der Waals surface area contributed by atoms with Crippen molar-refractivity contribution >= 4 is 22.9 Å². The molecule has 2 fully saturated rings. The molecule has 3 heterocycles. The van der Waals surface area contributed by atoms with Gasteiger partial charge in [-0.25, -0.2) is 14.6 Å². The van der Waals surface area contributed by atoms with Crippen LogP contribution in [0.5, 0.6) is 0 Å². The fraction of sp³-hybridized carbons (Fsp3) is 0.733. The first-order valence-electron chi connectivity index (χ1n) is 8.38. The number of ether oxygens (including phenoxy) is 1. The Balaban J connectivity index is 1.66. The van der Waals surface area contributed by atoms with Gasteiger partial charge >= 0.3 is 0 Å². The molecular formula is C15H22N6O2. The first-order chi connectivity index (χ1) is 11.3. The molecule has 0 bridgehead atoms. The van der Waals surface area contributed by atoms with Crippen LogP contribution in [0.1, 0.15) is 38.5 Å². The Kier molecular flexibility index (Phi) is 3.99. The SMILES string of the molecule is CN(c1nc2nonc2nc1NC1CCCC1)C1CCOCC1. The van der Waals surface area contributed by atoms with Gasteiger partial charge in [0.25, 0.3) is 0 Å². The highest BCUT2D eigenvalue weighted by Gasteiger charge is 2.25. The van der Waals surface area contributed by atoms with E-state index >= 15 is 0 Å². The number of nitrogens with one attached hydrogen (secondary N) is 1. The van der Waals surface area contributed by atoms with Gasteiger partial charge in [0, 0.05) is 32.3 Å². The average molecular weight is 318 g/mol. The van der Waals surface area contributed by atoms with E-state index in [-0.39, 0.29) is 0 Å². The summed E-state index contributed by atoms with van der Waals surface area (Å²) in [5.41, 5.74) is 0.908. The normalized spacial score (nSPS) is 20.2. The van der Waals surface area contributed by atoms with Crippen LogP contribution in [-0.4, -0.2) is 52.6 Å². The molecule has 23 heavy (non-hydrogen) atoms. The van der Waals surface area contributed by atoms with Crippen LogP contribution in [0, 0.1) is 0 Å². The molecule has 124 valence electrons. The maximum absolute atomic E-state index is 5.47. The van der Waals surface area contributed by atoms with Crippen LogP contribution in [0.4, 0.5) is 11.6 Å². The van der Waals surface area contributed by atoms with Gasteiger partial charge in [-0.05, 0) is 36.0 Å². The maximum Gasteiger partial charge on any atom is 0.245 e. The van der Waals surface area contributed by atoms with E-state index in [4.69, 9.17) is 9.37 Å². The lowest BCUT2D eigenvalue weighted by Gasteiger charge is -2.33. The highest BCUT2D eigenvalue weighted by Crippen LogP contribution is 2.30. The number of hydrogen-bond acceptors (Lipinski definition) is 8. The van der Waals surface area contributed by atoms with Crippen LogP contribution in [0.25, 0.3) is 11.3 Å². The van der Waals surface area contributed by atoms with E-state index in [1.54, 1.807) is 0 Å². The van der Waals surface area contributed by atoms with E-state index in [0.29, 0.717) is 23.4 Å². The molecule has 4 rings (SSSR count). The molecule has 8 heteroatoms. The second kappa shape index (κ2) is 6.27. The molecule has 2 aromatic heterocycles. The molecule has 1 saturated carbocycles. The number of rotatable bonds is 4. The minimum Gasteiger partial charge on any atom is -0.381 e. The first-order valence-corrected chi connectivity index (χ1v) is 8.38. The van der Waals surface area contributed by atoms with Gasteiger partial charge in [-0.2, -0.15) is 0 Å². The Morgan fingerprint density at radius 2 is 1.70 bits per heavy atom. The summed E-state index contributed by atoms with van der Waals surface area (Å²) in [6.45, 7) is 1.59. The van der Waals surface area contributed by atoms with Crippen molar-refractivity contribution in [3.63, 3.8) is 0 Å². The largest absolute Gasteiger partial charge is 0.381 e. The van der Waals surface area contributed by atoms with Crippen molar-refractivity contribution in [1.82, 2.24) is 20.3 Å². The molecule has 0 aromatic carbocycles.